The average Bonchev–Trinajstić information content (AvgIpc) is 2.60. The van der Waals surface area contributed by atoms with E-state index in [0.717, 1.165) is 18.4 Å². The second-order valence-electron chi connectivity index (χ2n) is 7.59. The minimum Gasteiger partial charge on any atom is -0.507 e. The van der Waals surface area contributed by atoms with Crippen LogP contribution in [0.5, 0.6) is 17.2 Å². The summed E-state index contributed by atoms with van der Waals surface area (Å²) in [5.41, 5.74) is 3.30. The Hall–Kier alpha value is -3.21. The third-order valence-corrected chi connectivity index (χ3v) is 4.73. The van der Waals surface area contributed by atoms with Crippen LogP contribution in [0.2, 0.25) is 0 Å². The van der Waals surface area contributed by atoms with E-state index in [-0.39, 0.29) is 33.4 Å². The molecule has 2 aromatic carbocycles. The molecular formula is C24H26O5. The summed E-state index contributed by atoms with van der Waals surface area (Å²) in [6.07, 6.45) is 6.15. The number of fused-ring (bicyclic) bond motifs is 2. The molecule has 29 heavy (non-hydrogen) atoms. The van der Waals surface area contributed by atoms with Gasteiger partial charge in [-0.2, -0.15) is 0 Å². The quantitative estimate of drug-likeness (QED) is 0.412. The fourth-order valence-corrected chi connectivity index (χ4v) is 3.23. The molecule has 0 aliphatic heterocycles. The Kier molecular flexibility index (Phi) is 5.97. The molecule has 0 saturated carbocycles. The standard InChI is InChI=1S/C24H26O5/c1-14(2)6-5-7-15(3)8-9-28-17-12-19(26)23-21(13-17)29-20-11-16(4)10-18(25)22(20)24(23)27/h6,8,10-13,25-26H,5,7,9H2,1-4H3/b15-8+. The monoisotopic (exact) mass is 394 g/mol. The molecule has 0 aliphatic rings. The number of aromatic hydroxyl groups is 2. The second-order valence-corrected chi connectivity index (χ2v) is 7.59. The van der Waals surface area contributed by atoms with Gasteiger partial charge in [-0.1, -0.05) is 17.2 Å². The van der Waals surface area contributed by atoms with Crippen molar-refractivity contribution in [2.45, 2.75) is 40.5 Å². The van der Waals surface area contributed by atoms with Gasteiger partial charge in [0, 0.05) is 12.1 Å². The number of ether oxygens (including phenoxy) is 1. The number of rotatable bonds is 6. The Morgan fingerprint density at radius 2 is 1.66 bits per heavy atom. The van der Waals surface area contributed by atoms with Crippen molar-refractivity contribution in [1.82, 2.24) is 0 Å². The predicted molar refractivity (Wildman–Crippen MR) is 116 cm³/mol. The maximum Gasteiger partial charge on any atom is 0.208 e. The number of benzene rings is 2. The van der Waals surface area contributed by atoms with Crippen molar-refractivity contribution in [2.24, 2.45) is 0 Å². The van der Waals surface area contributed by atoms with Gasteiger partial charge in [0.2, 0.25) is 5.43 Å². The maximum atomic E-state index is 12.8. The summed E-state index contributed by atoms with van der Waals surface area (Å²) in [4.78, 5) is 12.8. The van der Waals surface area contributed by atoms with Crippen molar-refractivity contribution >= 4 is 21.9 Å². The number of aryl methyl sites for hydroxylation is 1. The van der Waals surface area contributed by atoms with Crippen LogP contribution >= 0.6 is 0 Å². The molecule has 3 rings (SSSR count). The van der Waals surface area contributed by atoms with Gasteiger partial charge >= 0.3 is 0 Å². The molecule has 0 bridgehead atoms. The van der Waals surface area contributed by atoms with Crippen molar-refractivity contribution in [1.29, 1.82) is 0 Å². The normalized spacial score (nSPS) is 11.8. The molecule has 1 heterocycles. The Bertz CT molecular complexity index is 1180. The summed E-state index contributed by atoms with van der Waals surface area (Å²) in [6, 6.07) is 6.15. The highest BCUT2D eigenvalue weighted by atomic mass is 16.5. The molecule has 5 heteroatoms. The largest absolute Gasteiger partial charge is 0.507 e. The second kappa shape index (κ2) is 8.43. The molecule has 0 saturated heterocycles. The topological polar surface area (TPSA) is 79.9 Å². The zero-order valence-corrected chi connectivity index (χ0v) is 17.2. The van der Waals surface area contributed by atoms with Crippen LogP contribution in [0, 0.1) is 6.92 Å². The van der Waals surface area contributed by atoms with Crippen LogP contribution < -0.4 is 10.2 Å². The van der Waals surface area contributed by atoms with E-state index in [2.05, 4.69) is 26.8 Å². The van der Waals surface area contributed by atoms with Crippen LogP contribution in [-0.2, 0) is 0 Å². The summed E-state index contributed by atoms with van der Waals surface area (Å²) >= 11 is 0. The van der Waals surface area contributed by atoms with Gasteiger partial charge in [-0.15, -0.1) is 0 Å². The van der Waals surface area contributed by atoms with E-state index in [1.165, 1.54) is 23.3 Å². The maximum absolute atomic E-state index is 12.8. The van der Waals surface area contributed by atoms with Gasteiger partial charge in [0.05, 0.1) is 0 Å². The third kappa shape index (κ3) is 4.62. The minimum atomic E-state index is -0.474. The lowest BCUT2D eigenvalue weighted by Crippen LogP contribution is -2.04. The van der Waals surface area contributed by atoms with Crippen molar-refractivity contribution < 1.29 is 19.4 Å². The molecular weight excluding hydrogens is 368 g/mol. The number of hydrogen-bond donors (Lipinski definition) is 2. The van der Waals surface area contributed by atoms with E-state index in [4.69, 9.17) is 9.15 Å². The minimum absolute atomic E-state index is 0.0254. The number of hydrogen-bond acceptors (Lipinski definition) is 5. The first-order valence-electron chi connectivity index (χ1n) is 9.61. The molecule has 0 atom stereocenters. The van der Waals surface area contributed by atoms with Gasteiger partial charge in [-0.25, -0.2) is 0 Å². The lowest BCUT2D eigenvalue weighted by molar-refractivity contribution is 0.358. The van der Waals surface area contributed by atoms with E-state index >= 15 is 0 Å². The van der Waals surface area contributed by atoms with E-state index in [1.54, 1.807) is 19.1 Å². The van der Waals surface area contributed by atoms with Gasteiger partial charge in [-0.3, -0.25) is 4.79 Å². The van der Waals surface area contributed by atoms with Crippen LogP contribution in [-0.4, -0.2) is 16.8 Å². The molecule has 3 aromatic rings. The van der Waals surface area contributed by atoms with Crippen molar-refractivity contribution in [3.8, 4) is 17.2 Å². The van der Waals surface area contributed by atoms with Gasteiger partial charge in [-0.05, 0) is 64.3 Å². The fourth-order valence-electron chi connectivity index (χ4n) is 3.23. The highest BCUT2D eigenvalue weighted by molar-refractivity contribution is 5.96. The molecule has 0 aliphatic carbocycles. The van der Waals surface area contributed by atoms with E-state index in [1.807, 2.05) is 6.08 Å². The van der Waals surface area contributed by atoms with Crippen molar-refractivity contribution in [2.75, 3.05) is 6.61 Å². The summed E-state index contributed by atoms with van der Waals surface area (Å²) in [6.45, 7) is 8.37. The first kappa shape index (κ1) is 20.5. The van der Waals surface area contributed by atoms with Crippen molar-refractivity contribution in [3.05, 3.63) is 63.4 Å². The van der Waals surface area contributed by atoms with E-state index in [0.29, 0.717) is 12.4 Å². The highest BCUT2D eigenvalue weighted by Crippen LogP contribution is 2.33. The van der Waals surface area contributed by atoms with E-state index < -0.39 is 5.43 Å². The first-order chi connectivity index (χ1) is 13.8. The van der Waals surface area contributed by atoms with Crippen LogP contribution in [0.3, 0.4) is 0 Å². The first-order valence-corrected chi connectivity index (χ1v) is 9.61. The Morgan fingerprint density at radius 3 is 2.34 bits per heavy atom. The highest BCUT2D eigenvalue weighted by Gasteiger charge is 2.16. The average molecular weight is 394 g/mol. The predicted octanol–water partition coefficient (Wildman–Crippen LogP) is 5.74. The molecule has 0 unspecified atom stereocenters. The molecule has 1 aromatic heterocycles. The van der Waals surface area contributed by atoms with Gasteiger partial charge in [0.15, 0.2) is 0 Å². The third-order valence-electron chi connectivity index (χ3n) is 4.73. The molecule has 152 valence electrons. The fraction of sp³-hybridized carbons (Fsp3) is 0.292. The zero-order valence-electron chi connectivity index (χ0n) is 17.2. The van der Waals surface area contributed by atoms with Crippen LogP contribution in [0.15, 0.2) is 56.8 Å². The summed E-state index contributed by atoms with van der Waals surface area (Å²) in [5, 5.41) is 20.6. The summed E-state index contributed by atoms with van der Waals surface area (Å²) in [5.74, 6) is 0.00390. The summed E-state index contributed by atoms with van der Waals surface area (Å²) in [7, 11) is 0. The van der Waals surface area contributed by atoms with Crippen LogP contribution in [0.1, 0.15) is 39.2 Å². The molecule has 0 spiro atoms. The SMILES string of the molecule is CC(C)=CCC/C(C)=C/COc1cc(O)c2c(=O)c3c(O)cc(C)cc3oc2c1. The molecule has 2 N–H and O–H groups in total. The zero-order chi connectivity index (χ0) is 21.1. The van der Waals surface area contributed by atoms with Crippen LogP contribution in [0.4, 0.5) is 0 Å². The number of phenols is 2. The summed E-state index contributed by atoms with van der Waals surface area (Å²) < 4.78 is 11.5. The molecule has 0 amide bonds. The Balaban J connectivity index is 1.88. The van der Waals surface area contributed by atoms with Crippen LogP contribution in [0.25, 0.3) is 21.9 Å². The van der Waals surface area contributed by atoms with Gasteiger partial charge in [0.1, 0.15) is 45.8 Å². The Labute approximate surface area is 169 Å². The molecule has 5 nitrogen and oxygen atoms in total. The lowest BCUT2D eigenvalue weighted by Gasteiger charge is -2.09. The number of allylic oxidation sites excluding steroid dienone is 3. The molecule has 0 radical (unpaired) electrons. The Morgan fingerprint density at radius 1 is 1.00 bits per heavy atom. The van der Waals surface area contributed by atoms with Gasteiger partial charge in [0.25, 0.3) is 0 Å². The van der Waals surface area contributed by atoms with Gasteiger partial charge < -0.3 is 19.4 Å². The van der Waals surface area contributed by atoms with E-state index in [9.17, 15) is 15.0 Å². The smallest absolute Gasteiger partial charge is 0.208 e. The molecule has 0 fully saturated rings. The van der Waals surface area contributed by atoms with Crippen molar-refractivity contribution in [3.63, 3.8) is 0 Å². The number of phenolic OH excluding ortho intramolecular Hbond substituents is 2. The lowest BCUT2D eigenvalue weighted by atomic mass is 10.1.